The van der Waals surface area contributed by atoms with Crippen molar-refractivity contribution in [2.75, 3.05) is 13.1 Å². The summed E-state index contributed by atoms with van der Waals surface area (Å²) in [6.45, 7) is 2.49. The van der Waals surface area contributed by atoms with Crippen LogP contribution in [0.2, 0.25) is 0 Å². The third kappa shape index (κ3) is 1.81. The fraction of sp³-hybridized carbons (Fsp3) is 0.526. The first-order valence-electron chi connectivity index (χ1n) is 8.68. The highest BCUT2D eigenvalue weighted by atomic mass is 15.2. The molecule has 5 rings (SSSR count). The highest BCUT2D eigenvalue weighted by Gasteiger charge is 2.45. The molecule has 1 aliphatic heterocycles. The summed E-state index contributed by atoms with van der Waals surface area (Å²) in [7, 11) is 0. The lowest BCUT2D eigenvalue weighted by atomic mass is 9.77. The van der Waals surface area contributed by atoms with Crippen LogP contribution in [0.4, 0.5) is 0 Å². The van der Waals surface area contributed by atoms with Gasteiger partial charge >= 0.3 is 0 Å². The number of hydrogen-bond donors (Lipinski definition) is 1. The summed E-state index contributed by atoms with van der Waals surface area (Å²) in [6.07, 6.45) is 9.71. The predicted octanol–water partition coefficient (Wildman–Crippen LogP) is 2.86. The molecule has 1 N–H and O–H groups in total. The smallest absolute Gasteiger partial charge is 0.0522 e. The Labute approximate surface area is 131 Å². The van der Waals surface area contributed by atoms with E-state index in [2.05, 4.69) is 45.6 Å². The van der Waals surface area contributed by atoms with E-state index in [0.717, 1.165) is 0 Å². The van der Waals surface area contributed by atoms with Crippen LogP contribution in [0, 0.1) is 0 Å². The minimum atomic E-state index is 0.360. The first kappa shape index (κ1) is 12.9. The number of aromatic nitrogens is 2. The molecule has 2 aliphatic carbocycles. The second-order valence-electron chi connectivity index (χ2n) is 7.46. The van der Waals surface area contributed by atoms with Crippen molar-refractivity contribution in [1.29, 1.82) is 0 Å². The van der Waals surface area contributed by atoms with Crippen LogP contribution in [-0.2, 0) is 24.7 Å². The lowest BCUT2D eigenvalue weighted by Crippen LogP contribution is -2.49. The molecular formula is C19H23N3. The van der Waals surface area contributed by atoms with E-state index in [1.165, 1.54) is 62.9 Å². The van der Waals surface area contributed by atoms with Gasteiger partial charge < -0.3 is 0 Å². The van der Waals surface area contributed by atoms with E-state index in [4.69, 9.17) is 0 Å². The maximum absolute atomic E-state index is 4.30. The van der Waals surface area contributed by atoms with Crippen molar-refractivity contribution in [2.24, 2.45) is 0 Å². The highest BCUT2D eigenvalue weighted by molar-refractivity contribution is 5.35. The zero-order chi connectivity index (χ0) is 14.6. The lowest BCUT2D eigenvalue weighted by Gasteiger charge is -2.43. The van der Waals surface area contributed by atoms with E-state index in [9.17, 15) is 0 Å². The van der Waals surface area contributed by atoms with Crippen molar-refractivity contribution in [3.8, 4) is 0 Å². The van der Waals surface area contributed by atoms with Crippen LogP contribution in [0.1, 0.15) is 41.6 Å². The molecule has 0 radical (unpaired) electrons. The van der Waals surface area contributed by atoms with Crippen LogP contribution in [0.3, 0.4) is 0 Å². The molecule has 0 amide bonds. The van der Waals surface area contributed by atoms with E-state index in [0.29, 0.717) is 11.5 Å². The number of H-pyrrole nitrogens is 1. The number of aromatic amines is 1. The minimum absolute atomic E-state index is 0.360. The molecule has 1 spiro atoms. The van der Waals surface area contributed by atoms with Crippen molar-refractivity contribution < 1.29 is 0 Å². The molecule has 1 atom stereocenters. The van der Waals surface area contributed by atoms with Gasteiger partial charge in [-0.25, -0.2) is 0 Å². The van der Waals surface area contributed by atoms with Crippen LogP contribution in [-0.4, -0.2) is 34.2 Å². The average Bonchev–Trinajstić information content (AvgIpc) is 3.25. The molecule has 1 unspecified atom stereocenters. The largest absolute Gasteiger partial charge is 0.299 e. The number of nitrogens with zero attached hydrogens (tertiary/aromatic N) is 2. The molecule has 22 heavy (non-hydrogen) atoms. The molecule has 3 heteroatoms. The van der Waals surface area contributed by atoms with Crippen molar-refractivity contribution in [1.82, 2.24) is 15.1 Å². The Balaban J connectivity index is 1.40. The zero-order valence-corrected chi connectivity index (χ0v) is 13.0. The molecule has 3 nitrogen and oxygen atoms in total. The molecule has 1 aromatic heterocycles. The standard InChI is InChI=1S/C19H23N3/c1-2-5-15-11-17(10-14(15)4-1)22-9-3-7-19(13-22)8-6-16-12-20-21-18(16)19/h1-2,4-5,12,17H,3,6-11,13H2,(H,20,21). The van der Waals surface area contributed by atoms with Crippen molar-refractivity contribution in [2.45, 2.75) is 50.0 Å². The maximum Gasteiger partial charge on any atom is 0.0522 e. The molecule has 2 aromatic rings. The van der Waals surface area contributed by atoms with Gasteiger partial charge in [-0.1, -0.05) is 24.3 Å². The fourth-order valence-electron chi connectivity index (χ4n) is 5.14. The van der Waals surface area contributed by atoms with Gasteiger partial charge in [-0.15, -0.1) is 0 Å². The molecule has 0 bridgehead atoms. The molecular weight excluding hydrogens is 270 g/mol. The van der Waals surface area contributed by atoms with Gasteiger partial charge in [0, 0.05) is 23.7 Å². The number of piperidine rings is 1. The van der Waals surface area contributed by atoms with Crippen molar-refractivity contribution >= 4 is 0 Å². The number of fused-ring (bicyclic) bond motifs is 3. The van der Waals surface area contributed by atoms with Gasteiger partial charge in [0.15, 0.2) is 0 Å². The van der Waals surface area contributed by atoms with Gasteiger partial charge in [-0.05, 0) is 61.8 Å². The highest BCUT2D eigenvalue weighted by Crippen LogP contribution is 2.44. The first-order valence-corrected chi connectivity index (χ1v) is 8.68. The Hall–Kier alpha value is -1.61. The molecule has 114 valence electrons. The molecule has 0 saturated carbocycles. The quantitative estimate of drug-likeness (QED) is 0.877. The third-order valence-electron chi connectivity index (χ3n) is 6.27. The van der Waals surface area contributed by atoms with Gasteiger partial charge in [-0.2, -0.15) is 5.10 Å². The Morgan fingerprint density at radius 3 is 2.73 bits per heavy atom. The maximum atomic E-state index is 4.30. The SMILES string of the molecule is c1ccc2c(c1)CC(N1CCCC3(CCc4cn[nH]c43)C1)C2. The fourth-order valence-corrected chi connectivity index (χ4v) is 5.14. The van der Waals surface area contributed by atoms with Gasteiger partial charge in [0.1, 0.15) is 0 Å². The van der Waals surface area contributed by atoms with Crippen LogP contribution in [0.25, 0.3) is 0 Å². The minimum Gasteiger partial charge on any atom is -0.299 e. The number of hydrogen-bond acceptors (Lipinski definition) is 2. The van der Waals surface area contributed by atoms with E-state index in [1.54, 1.807) is 11.1 Å². The topological polar surface area (TPSA) is 31.9 Å². The molecule has 3 aliphatic rings. The van der Waals surface area contributed by atoms with Crippen molar-refractivity contribution in [3.63, 3.8) is 0 Å². The number of nitrogens with one attached hydrogen (secondary N) is 1. The summed E-state index contributed by atoms with van der Waals surface area (Å²) in [4.78, 5) is 2.78. The zero-order valence-electron chi connectivity index (χ0n) is 13.0. The summed E-state index contributed by atoms with van der Waals surface area (Å²) in [5.74, 6) is 0. The Bertz CT molecular complexity index is 679. The molecule has 2 heterocycles. The van der Waals surface area contributed by atoms with Crippen LogP contribution in [0.5, 0.6) is 0 Å². The van der Waals surface area contributed by atoms with E-state index < -0.39 is 0 Å². The summed E-state index contributed by atoms with van der Waals surface area (Å²) in [6, 6.07) is 9.72. The van der Waals surface area contributed by atoms with E-state index in [1.807, 2.05) is 0 Å². The lowest BCUT2D eigenvalue weighted by molar-refractivity contribution is 0.102. The van der Waals surface area contributed by atoms with Crippen LogP contribution < -0.4 is 0 Å². The average molecular weight is 293 g/mol. The molecule has 1 saturated heterocycles. The van der Waals surface area contributed by atoms with E-state index >= 15 is 0 Å². The van der Waals surface area contributed by atoms with Crippen molar-refractivity contribution in [3.05, 3.63) is 52.8 Å². The van der Waals surface area contributed by atoms with Gasteiger partial charge in [0.05, 0.1) is 6.20 Å². The number of rotatable bonds is 1. The number of aryl methyl sites for hydroxylation is 1. The Morgan fingerprint density at radius 1 is 1.09 bits per heavy atom. The summed E-state index contributed by atoms with van der Waals surface area (Å²) in [5, 5.41) is 7.63. The summed E-state index contributed by atoms with van der Waals surface area (Å²) >= 11 is 0. The van der Waals surface area contributed by atoms with Crippen LogP contribution in [0.15, 0.2) is 30.5 Å². The normalized spacial score (nSPS) is 28.2. The second kappa shape index (κ2) is 4.69. The first-order chi connectivity index (χ1) is 10.8. The number of benzene rings is 1. The Morgan fingerprint density at radius 2 is 1.91 bits per heavy atom. The molecule has 1 aromatic carbocycles. The number of likely N-dealkylation sites (tertiary alicyclic amines) is 1. The van der Waals surface area contributed by atoms with Gasteiger partial charge in [-0.3, -0.25) is 10.00 Å². The van der Waals surface area contributed by atoms with Gasteiger partial charge in [0.2, 0.25) is 0 Å². The van der Waals surface area contributed by atoms with Gasteiger partial charge in [0.25, 0.3) is 0 Å². The summed E-state index contributed by atoms with van der Waals surface area (Å²) < 4.78 is 0. The van der Waals surface area contributed by atoms with E-state index in [-0.39, 0.29) is 0 Å². The van der Waals surface area contributed by atoms with Crippen LogP contribution >= 0.6 is 0 Å². The predicted molar refractivity (Wildman–Crippen MR) is 87.0 cm³/mol. The Kier molecular flexibility index (Phi) is 2.75. The summed E-state index contributed by atoms with van der Waals surface area (Å²) in [5.41, 5.74) is 6.42. The molecule has 1 fully saturated rings. The monoisotopic (exact) mass is 293 g/mol. The second-order valence-corrected chi connectivity index (χ2v) is 7.46. The third-order valence-corrected chi connectivity index (χ3v) is 6.27.